The summed E-state index contributed by atoms with van der Waals surface area (Å²) in [5.74, 6) is 0.0101. The van der Waals surface area contributed by atoms with Gasteiger partial charge < -0.3 is 9.47 Å². The van der Waals surface area contributed by atoms with Gasteiger partial charge in [-0.25, -0.2) is 8.42 Å². The molecule has 1 aromatic carbocycles. The molecule has 1 aliphatic rings. The van der Waals surface area contributed by atoms with Gasteiger partial charge >= 0.3 is 6.61 Å². The van der Waals surface area contributed by atoms with Gasteiger partial charge in [0.25, 0.3) is 0 Å². The van der Waals surface area contributed by atoms with Crippen LogP contribution in [-0.2, 0) is 14.6 Å². The molecule has 1 saturated heterocycles. The van der Waals surface area contributed by atoms with Gasteiger partial charge in [-0.05, 0) is 38.0 Å². The lowest BCUT2D eigenvalue weighted by Gasteiger charge is -2.21. The first-order valence-electron chi connectivity index (χ1n) is 6.71. The molecule has 118 valence electrons. The largest absolute Gasteiger partial charge is 0.435 e. The highest BCUT2D eigenvalue weighted by Gasteiger charge is 2.39. The maximum Gasteiger partial charge on any atom is 0.387 e. The summed E-state index contributed by atoms with van der Waals surface area (Å²) in [6, 6.07) is 5.70. The third kappa shape index (κ3) is 3.52. The predicted octanol–water partition coefficient (Wildman–Crippen LogP) is 2.94. The van der Waals surface area contributed by atoms with Gasteiger partial charge in [0.1, 0.15) is 5.75 Å². The second kappa shape index (κ2) is 6.27. The first-order valence-corrected chi connectivity index (χ1v) is 8.32. The van der Waals surface area contributed by atoms with Gasteiger partial charge in [-0.1, -0.05) is 12.1 Å². The maximum atomic E-state index is 12.6. The molecule has 0 aromatic heterocycles. The summed E-state index contributed by atoms with van der Waals surface area (Å²) in [4.78, 5) is 0. The van der Waals surface area contributed by atoms with Crippen LogP contribution >= 0.6 is 0 Å². The fourth-order valence-electron chi connectivity index (χ4n) is 2.52. The summed E-state index contributed by atoms with van der Waals surface area (Å²) in [5.41, 5.74) is 0.552. The Morgan fingerprint density at radius 1 is 1.29 bits per heavy atom. The molecule has 0 bridgehead atoms. The molecule has 0 spiro atoms. The van der Waals surface area contributed by atoms with E-state index >= 15 is 0 Å². The molecule has 0 saturated carbocycles. The third-order valence-corrected chi connectivity index (χ3v) is 6.52. The van der Waals surface area contributed by atoms with Crippen LogP contribution in [-0.4, -0.2) is 33.0 Å². The zero-order valence-electron chi connectivity index (χ0n) is 11.8. The van der Waals surface area contributed by atoms with Gasteiger partial charge in [0.2, 0.25) is 0 Å². The molecule has 0 aliphatic carbocycles. The number of ether oxygens (including phenoxy) is 2. The molecule has 1 heterocycles. The van der Waals surface area contributed by atoms with Crippen LogP contribution in [0.1, 0.15) is 31.1 Å². The van der Waals surface area contributed by atoms with Crippen molar-refractivity contribution in [3.63, 3.8) is 0 Å². The number of benzene rings is 1. The second-order valence-electron chi connectivity index (χ2n) is 5.08. The van der Waals surface area contributed by atoms with Crippen LogP contribution in [0.3, 0.4) is 0 Å². The molecule has 0 amide bonds. The molecule has 1 fully saturated rings. The Balaban J connectivity index is 2.17. The number of sulfone groups is 1. The summed E-state index contributed by atoms with van der Waals surface area (Å²) in [6.45, 7) is 0.901. The van der Waals surface area contributed by atoms with Crippen LogP contribution in [0.2, 0.25) is 0 Å². The van der Waals surface area contributed by atoms with E-state index in [0.717, 1.165) is 0 Å². The minimum atomic E-state index is -3.39. The zero-order valence-corrected chi connectivity index (χ0v) is 12.6. The molecule has 2 rings (SSSR count). The summed E-state index contributed by atoms with van der Waals surface area (Å²) < 4.78 is 58.9. The van der Waals surface area contributed by atoms with E-state index in [1.165, 1.54) is 24.3 Å². The van der Waals surface area contributed by atoms with Crippen molar-refractivity contribution in [2.75, 3.05) is 6.61 Å². The normalized spacial score (nSPS) is 24.2. The Hall–Kier alpha value is -1.21. The summed E-state index contributed by atoms with van der Waals surface area (Å²) in [5, 5.41) is -1.24. The molecule has 1 aliphatic heterocycles. The summed E-state index contributed by atoms with van der Waals surface area (Å²) in [7, 11) is -3.39. The number of rotatable bonds is 5. The van der Waals surface area contributed by atoms with E-state index in [4.69, 9.17) is 4.74 Å². The van der Waals surface area contributed by atoms with Crippen LogP contribution in [0.5, 0.6) is 5.75 Å². The van der Waals surface area contributed by atoms with Crippen molar-refractivity contribution in [2.45, 2.75) is 43.5 Å². The average molecular weight is 320 g/mol. The molecular weight excluding hydrogens is 302 g/mol. The molecule has 0 N–H and O–H groups in total. The smallest absolute Gasteiger partial charge is 0.387 e. The number of alkyl halides is 2. The van der Waals surface area contributed by atoms with Crippen molar-refractivity contribution in [1.82, 2.24) is 0 Å². The van der Waals surface area contributed by atoms with Crippen molar-refractivity contribution >= 4 is 9.84 Å². The molecule has 0 radical (unpaired) electrons. The number of halogens is 2. The lowest BCUT2D eigenvalue weighted by molar-refractivity contribution is -0.0498. The third-order valence-electron chi connectivity index (χ3n) is 3.80. The van der Waals surface area contributed by atoms with Crippen LogP contribution in [0.4, 0.5) is 8.78 Å². The standard InChI is InChI=1S/C14H18F2O4S/c1-9-13(7-8-19-9)21(17,18)10(2)11-3-5-12(6-4-11)20-14(15)16/h3-6,9-10,13-14H,7-8H2,1-2H3/t9-,10-,13+/m0/s1. The van der Waals surface area contributed by atoms with Crippen molar-refractivity contribution in [3.8, 4) is 5.75 Å². The lowest BCUT2D eigenvalue weighted by atomic mass is 10.1. The van der Waals surface area contributed by atoms with Crippen molar-refractivity contribution < 1.29 is 26.7 Å². The van der Waals surface area contributed by atoms with E-state index in [1.54, 1.807) is 13.8 Å². The highest BCUT2D eigenvalue weighted by Crippen LogP contribution is 2.32. The van der Waals surface area contributed by atoms with E-state index in [9.17, 15) is 17.2 Å². The Morgan fingerprint density at radius 2 is 1.90 bits per heavy atom. The van der Waals surface area contributed by atoms with Crippen molar-refractivity contribution in [3.05, 3.63) is 29.8 Å². The quantitative estimate of drug-likeness (QED) is 0.837. The predicted molar refractivity (Wildman–Crippen MR) is 74.2 cm³/mol. The van der Waals surface area contributed by atoms with Crippen LogP contribution in [0.15, 0.2) is 24.3 Å². The molecule has 7 heteroatoms. The van der Waals surface area contributed by atoms with E-state index in [-0.39, 0.29) is 11.9 Å². The highest BCUT2D eigenvalue weighted by molar-refractivity contribution is 7.92. The Labute approximate surface area is 123 Å². The van der Waals surface area contributed by atoms with Gasteiger partial charge in [-0.3, -0.25) is 0 Å². The lowest BCUT2D eigenvalue weighted by Crippen LogP contribution is -2.31. The van der Waals surface area contributed by atoms with Crippen molar-refractivity contribution in [1.29, 1.82) is 0 Å². The molecule has 21 heavy (non-hydrogen) atoms. The highest BCUT2D eigenvalue weighted by atomic mass is 32.2. The number of hydrogen-bond acceptors (Lipinski definition) is 4. The van der Waals surface area contributed by atoms with Gasteiger partial charge in [0, 0.05) is 6.61 Å². The monoisotopic (exact) mass is 320 g/mol. The fraction of sp³-hybridized carbons (Fsp3) is 0.571. The molecule has 3 atom stereocenters. The topological polar surface area (TPSA) is 52.6 Å². The zero-order chi connectivity index (χ0) is 15.6. The minimum Gasteiger partial charge on any atom is -0.435 e. The minimum absolute atomic E-state index is 0.0101. The molecule has 4 nitrogen and oxygen atoms in total. The van der Waals surface area contributed by atoms with E-state index in [1.807, 2.05) is 0 Å². The molecular formula is C14H18F2O4S. The maximum absolute atomic E-state index is 12.6. The van der Waals surface area contributed by atoms with Gasteiger partial charge in [-0.15, -0.1) is 0 Å². The van der Waals surface area contributed by atoms with E-state index < -0.39 is 26.9 Å². The van der Waals surface area contributed by atoms with Crippen LogP contribution in [0, 0.1) is 0 Å². The SMILES string of the molecule is C[C@@H]1OCC[C@H]1S(=O)(=O)[C@@H](C)c1ccc(OC(F)F)cc1. The number of hydrogen-bond donors (Lipinski definition) is 0. The summed E-state index contributed by atoms with van der Waals surface area (Å²) >= 11 is 0. The molecule has 1 aromatic rings. The average Bonchev–Trinajstić information content (AvgIpc) is 2.85. The Bertz CT molecular complexity index is 571. The first-order chi connectivity index (χ1) is 9.82. The Kier molecular flexibility index (Phi) is 4.83. The fourth-order valence-corrected chi connectivity index (χ4v) is 4.61. The summed E-state index contributed by atoms with van der Waals surface area (Å²) in [6.07, 6.45) is 0.166. The van der Waals surface area contributed by atoms with Crippen LogP contribution < -0.4 is 4.74 Å². The van der Waals surface area contributed by atoms with Crippen LogP contribution in [0.25, 0.3) is 0 Å². The van der Waals surface area contributed by atoms with Gasteiger partial charge in [-0.2, -0.15) is 8.78 Å². The van der Waals surface area contributed by atoms with Gasteiger partial charge in [0.05, 0.1) is 16.6 Å². The van der Waals surface area contributed by atoms with Crippen molar-refractivity contribution in [2.24, 2.45) is 0 Å². The van der Waals surface area contributed by atoms with E-state index in [2.05, 4.69) is 4.74 Å². The second-order valence-corrected chi connectivity index (χ2v) is 7.57. The van der Waals surface area contributed by atoms with Gasteiger partial charge in [0.15, 0.2) is 9.84 Å². The Morgan fingerprint density at radius 3 is 2.38 bits per heavy atom. The molecule has 0 unspecified atom stereocenters. The van der Waals surface area contributed by atoms with E-state index in [0.29, 0.717) is 18.6 Å². The first kappa shape index (κ1) is 16.2.